The number of hydrogen-bond acceptors (Lipinski definition) is 4. The predicted octanol–water partition coefficient (Wildman–Crippen LogP) is 2.00. The molecule has 1 aromatic carbocycles. The van der Waals surface area contributed by atoms with Crippen molar-refractivity contribution >= 4 is 29.2 Å². The molecule has 0 aliphatic heterocycles. The van der Waals surface area contributed by atoms with Gasteiger partial charge in [-0.05, 0) is 32.5 Å². The van der Waals surface area contributed by atoms with Crippen LogP contribution in [0.2, 0.25) is 5.02 Å². The highest BCUT2D eigenvalue weighted by molar-refractivity contribution is 6.31. The highest BCUT2D eigenvalue weighted by atomic mass is 35.5. The predicted molar refractivity (Wildman–Crippen MR) is 81.1 cm³/mol. The number of hydrogen-bond donors (Lipinski definition) is 2. The molecule has 0 saturated carbocycles. The van der Waals surface area contributed by atoms with E-state index in [1.165, 1.54) is 18.9 Å². The van der Waals surface area contributed by atoms with Crippen molar-refractivity contribution in [1.82, 2.24) is 4.90 Å². The Morgan fingerprint density at radius 3 is 2.62 bits per heavy atom. The van der Waals surface area contributed by atoms with Crippen LogP contribution in [0, 0.1) is 6.92 Å². The van der Waals surface area contributed by atoms with Crippen LogP contribution in [0.25, 0.3) is 0 Å². The van der Waals surface area contributed by atoms with E-state index in [0.717, 1.165) is 5.56 Å². The van der Waals surface area contributed by atoms with Crippen molar-refractivity contribution in [2.45, 2.75) is 19.9 Å². The van der Waals surface area contributed by atoms with Crippen molar-refractivity contribution in [1.29, 1.82) is 0 Å². The van der Waals surface area contributed by atoms with Gasteiger partial charge in [-0.1, -0.05) is 11.6 Å². The number of rotatable bonds is 6. The van der Waals surface area contributed by atoms with Crippen molar-refractivity contribution in [2.75, 3.05) is 26.0 Å². The van der Waals surface area contributed by atoms with Gasteiger partial charge in [-0.3, -0.25) is 14.5 Å². The zero-order chi connectivity index (χ0) is 16.2. The van der Waals surface area contributed by atoms with Gasteiger partial charge in [-0.2, -0.15) is 0 Å². The van der Waals surface area contributed by atoms with Crippen LogP contribution in [0.4, 0.5) is 5.69 Å². The molecule has 1 aromatic rings. The SMILES string of the molecule is COc1cc(Cl)c(C)cc1NC(=O)CN(C)C(C)C(=O)O. The van der Waals surface area contributed by atoms with E-state index in [0.29, 0.717) is 16.5 Å². The number of likely N-dealkylation sites (N-methyl/N-ethyl adjacent to an activating group) is 1. The second-order valence-corrected chi connectivity index (χ2v) is 5.19. The van der Waals surface area contributed by atoms with Gasteiger partial charge in [0.25, 0.3) is 0 Å². The number of nitrogens with one attached hydrogen (secondary N) is 1. The quantitative estimate of drug-likeness (QED) is 0.839. The highest BCUT2D eigenvalue weighted by Gasteiger charge is 2.19. The molecule has 2 N–H and O–H groups in total. The normalized spacial score (nSPS) is 12.1. The largest absolute Gasteiger partial charge is 0.495 e. The number of ether oxygens (including phenoxy) is 1. The molecule has 0 bridgehead atoms. The van der Waals surface area contributed by atoms with E-state index < -0.39 is 12.0 Å². The number of aliphatic carboxylic acids is 1. The Labute approximate surface area is 128 Å². The van der Waals surface area contributed by atoms with E-state index in [9.17, 15) is 9.59 Å². The maximum Gasteiger partial charge on any atom is 0.320 e. The summed E-state index contributed by atoms with van der Waals surface area (Å²) < 4.78 is 5.17. The van der Waals surface area contributed by atoms with Gasteiger partial charge >= 0.3 is 5.97 Å². The van der Waals surface area contributed by atoms with Crippen LogP contribution in [-0.2, 0) is 9.59 Å². The monoisotopic (exact) mass is 314 g/mol. The van der Waals surface area contributed by atoms with Crippen LogP contribution >= 0.6 is 11.6 Å². The topological polar surface area (TPSA) is 78.9 Å². The maximum absolute atomic E-state index is 12.0. The zero-order valence-corrected chi connectivity index (χ0v) is 13.2. The number of nitrogens with zero attached hydrogens (tertiary/aromatic N) is 1. The van der Waals surface area contributed by atoms with Gasteiger partial charge in [0.05, 0.1) is 19.3 Å². The smallest absolute Gasteiger partial charge is 0.320 e. The molecular weight excluding hydrogens is 296 g/mol. The molecule has 0 saturated heterocycles. The summed E-state index contributed by atoms with van der Waals surface area (Å²) in [6, 6.07) is 2.58. The van der Waals surface area contributed by atoms with Crippen molar-refractivity contribution in [3.05, 3.63) is 22.7 Å². The average Bonchev–Trinajstić information content (AvgIpc) is 2.41. The minimum absolute atomic E-state index is 0.0434. The minimum Gasteiger partial charge on any atom is -0.495 e. The molecule has 116 valence electrons. The summed E-state index contributed by atoms with van der Waals surface area (Å²) in [5.41, 5.74) is 1.31. The number of carbonyl (C=O) groups is 2. The average molecular weight is 315 g/mol. The Hall–Kier alpha value is -1.79. The number of halogens is 1. The second kappa shape index (κ2) is 7.28. The van der Waals surface area contributed by atoms with Gasteiger partial charge in [-0.25, -0.2) is 0 Å². The van der Waals surface area contributed by atoms with Crippen LogP contribution in [0.1, 0.15) is 12.5 Å². The van der Waals surface area contributed by atoms with E-state index in [4.69, 9.17) is 21.4 Å². The standard InChI is InChI=1S/C14H19ClN2O4/c1-8-5-11(12(21-4)6-10(8)15)16-13(18)7-17(3)9(2)14(19)20/h5-6,9H,7H2,1-4H3,(H,16,18)(H,19,20). The summed E-state index contributed by atoms with van der Waals surface area (Å²) in [6.07, 6.45) is 0. The number of aryl methyl sites for hydroxylation is 1. The summed E-state index contributed by atoms with van der Waals surface area (Å²) in [7, 11) is 3.05. The zero-order valence-electron chi connectivity index (χ0n) is 12.4. The summed E-state index contributed by atoms with van der Waals surface area (Å²) in [4.78, 5) is 24.3. The number of amides is 1. The summed E-state index contributed by atoms with van der Waals surface area (Å²) in [6.45, 7) is 3.29. The molecule has 0 spiro atoms. The van der Waals surface area contributed by atoms with Crippen molar-refractivity contribution < 1.29 is 19.4 Å². The lowest BCUT2D eigenvalue weighted by molar-refractivity contribution is -0.142. The first kappa shape index (κ1) is 17.3. The fourth-order valence-corrected chi connectivity index (χ4v) is 1.83. The van der Waals surface area contributed by atoms with Gasteiger partial charge in [-0.15, -0.1) is 0 Å². The van der Waals surface area contributed by atoms with Gasteiger partial charge in [0, 0.05) is 11.1 Å². The molecule has 1 atom stereocenters. The van der Waals surface area contributed by atoms with E-state index >= 15 is 0 Å². The molecule has 6 nitrogen and oxygen atoms in total. The van der Waals surface area contributed by atoms with Crippen LogP contribution in [0.3, 0.4) is 0 Å². The highest BCUT2D eigenvalue weighted by Crippen LogP contribution is 2.30. The summed E-state index contributed by atoms with van der Waals surface area (Å²) >= 11 is 6.00. The lowest BCUT2D eigenvalue weighted by Crippen LogP contribution is -2.40. The third-order valence-electron chi connectivity index (χ3n) is 3.17. The molecule has 21 heavy (non-hydrogen) atoms. The molecule has 1 unspecified atom stereocenters. The van der Waals surface area contributed by atoms with Crippen molar-refractivity contribution in [2.24, 2.45) is 0 Å². The molecule has 1 amide bonds. The van der Waals surface area contributed by atoms with E-state index in [1.807, 2.05) is 6.92 Å². The first-order valence-electron chi connectivity index (χ1n) is 6.33. The molecule has 0 radical (unpaired) electrons. The fourth-order valence-electron chi connectivity index (χ4n) is 1.67. The number of methoxy groups -OCH3 is 1. The van der Waals surface area contributed by atoms with E-state index in [2.05, 4.69) is 5.32 Å². The molecule has 0 aliphatic rings. The third-order valence-corrected chi connectivity index (χ3v) is 3.57. The van der Waals surface area contributed by atoms with Gasteiger partial charge in [0.15, 0.2) is 0 Å². The lowest BCUT2D eigenvalue weighted by Gasteiger charge is -2.20. The fraction of sp³-hybridized carbons (Fsp3) is 0.429. The van der Waals surface area contributed by atoms with Crippen molar-refractivity contribution in [3.8, 4) is 5.75 Å². The van der Waals surface area contributed by atoms with E-state index in [-0.39, 0.29) is 12.5 Å². The van der Waals surface area contributed by atoms with E-state index in [1.54, 1.807) is 19.2 Å². The Kier molecular flexibility index (Phi) is 5.99. The van der Waals surface area contributed by atoms with Gasteiger partial charge in [0.2, 0.25) is 5.91 Å². The molecule has 0 heterocycles. The van der Waals surface area contributed by atoms with Crippen LogP contribution in [0.15, 0.2) is 12.1 Å². The first-order valence-corrected chi connectivity index (χ1v) is 6.71. The number of carbonyl (C=O) groups excluding carboxylic acids is 1. The minimum atomic E-state index is -0.981. The number of carboxylic acid groups (broad SMARTS) is 1. The number of carboxylic acids is 1. The number of benzene rings is 1. The van der Waals surface area contributed by atoms with Gasteiger partial charge in [0.1, 0.15) is 11.8 Å². The Bertz CT molecular complexity index is 548. The van der Waals surface area contributed by atoms with Gasteiger partial charge < -0.3 is 15.2 Å². The Morgan fingerprint density at radius 1 is 1.48 bits per heavy atom. The first-order chi connectivity index (χ1) is 9.76. The molecule has 1 rings (SSSR count). The van der Waals surface area contributed by atoms with Crippen molar-refractivity contribution in [3.63, 3.8) is 0 Å². The molecule has 7 heteroatoms. The summed E-state index contributed by atoms with van der Waals surface area (Å²) in [5.74, 6) is -0.858. The third kappa shape index (κ3) is 4.61. The second-order valence-electron chi connectivity index (χ2n) is 4.78. The summed E-state index contributed by atoms with van der Waals surface area (Å²) in [5, 5.41) is 12.1. The Morgan fingerprint density at radius 2 is 2.10 bits per heavy atom. The molecular formula is C14H19ClN2O4. The van der Waals surface area contributed by atoms with Crippen LogP contribution < -0.4 is 10.1 Å². The molecule has 0 fully saturated rings. The molecule has 0 aliphatic carbocycles. The van der Waals surface area contributed by atoms with Crippen LogP contribution in [-0.4, -0.2) is 48.6 Å². The maximum atomic E-state index is 12.0. The lowest BCUT2D eigenvalue weighted by atomic mass is 10.2. The molecule has 0 aromatic heterocycles. The Balaban J connectivity index is 2.79. The van der Waals surface area contributed by atoms with Crippen LogP contribution in [0.5, 0.6) is 5.75 Å². The number of anilines is 1.